The lowest BCUT2D eigenvalue weighted by atomic mass is 10.00. The summed E-state index contributed by atoms with van der Waals surface area (Å²) in [6.45, 7) is 9.16. The van der Waals surface area contributed by atoms with Gasteiger partial charge in [0.15, 0.2) is 0 Å². The van der Waals surface area contributed by atoms with Crippen molar-refractivity contribution in [3.63, 3.8) is 0 Å². The third-order valence-corrected chi connectivity index (χ3v) is 5.66. The molecule has 0 spiro atoms. The van der Waals surface area contributed by atoms with Crippen molar-refractivity contribution >= 4 is 17.5 Å². The number of hydrogen-bond donors (Lipinski definition) is 2. The van der Waals surface area contributed by atoms with E-state index in [1.54, 1.807) is 6.08 Å². The third kappa shape index (κ3) is 4.72. The normalized spacial score (nSPS) is 18.4. The number of amides is 2. The molecule has 0 unspecified atom stereocenters. The van der Waals surface area contributed by atoms with Crippen molar-refractivity contribution in [2.75, 3.05) is 64.8 Å². The van der Waals surface area contributed by atoms with Crippen LogP contribution in [0.5, 0.6) is 0 Å². The Bertz CT molecular complexity index is 728. The van der Waals surface area contributed by atoms with E-state index in [0.29, 0.717) is 6.54 Å². The van der Waals surface area contributed by atoms with Gasteiger partial charge in [-0.05, 0) is 30.7 Å². The molecule has 2 aliphatic rings. The van der Waals surface area contributed by atoms with Crippen LogP contribution in [0, 0.1) is 0 Å². The Hall–Kier alpha value is -2.38. The van der Waals surface area contributed by atoms with Gasteiger partial charge in [-0.3, -0.25) is 14.5 Å². The number of likely N-dealkylation sites (N-methyl/N-ethyl adjacent to an activating group) is 2. The summed E-state index contributed by atoms with van der Waals surface area (Å²) in [5.41, 5.74) is 3.84. The van der Waals surface area contributed by atoms with Gasteiger partial charge in [-0.2, -0.15) is 0 Å². The maximum Gasteiger partial charge on any atom is 0.309 e. The van der Waals surface area contributed by atoms with E-state index >= 15 is 0 Å². The van der Waals surface area contributed by atoms with Crippen molar-refractivity contribution < 1.29 is 9.59 Å². The van der Waals surface area contributed by atoms with Gasteiger partial charge in [0.1, 0.15) is 0 Å². The highest BCUT2D eigenvalue weighted by atomic mass is 16.2. The molecule has 0 radical (unpaired) electrons. The Kier molecular flexibility index (Phi) is 6.70. The lowest BCUT2D eigenvalue weighted by Crippen LogP contribution is -2.49. The van der Waals surface area contributed by atoms with Gasteiger partial charge >= 0.3 is 11.8 Å². The van der Waals surface area contributed by atoms with Crippen molar-refractivity contribution in [1.29, 1.82) is 0 Å². The monoisotopic (exact) mass is 385 g/mol. The van der Waals surface area contributed by atoms with Crippen molar-refractivity contribution in [3.8, 4) is 0 Å². The molecule has 1 saturated heterocycles. The first-order valence-electron chi connectivity index (χ1n) is 9.93. The van der Waals surface area contributed by atoms with Gasteiger partial charge in [-0.25, -0.2) is 0 Å². The Morgan fingerprint density at radius 2 is 1.82 bits per heavy atom. The van der Waals surface area contributed by atoms with Crippen LogP contribution in [-0.2, 0) is 16.0 Å². The Morgan fingerprint density at radius 3 is 2.54 bits per heavy atom. The fourth-order valence-electron chi connectivity index (χ4n) is 3.90. The summed E-state index contributed by atoms with van der Waals surface area (Å²) in [6, 6.07) is 6.67. The second kappa shape index (κ2) is 9.21. The van der Waals surface area contributed by atoms with E-state index in [-0.39, 0.29) is 12.6 Å². The van der Waals surface area contributed by atoms with Crippen LogP contribution in [0.4, 0.5) is 5.69 Å². The average Bonchev–Trinajstić information content (AvgIpc) is 3.07. The predicted octanol–water partition coefficient (Wildman–Crippen LogP) is 0.386. The van der Waals surface area contributed by atoms with Crippen LogP contribution in [0.15, 0.2) is 30.9 Å². The van der Waals surface area contributed by atoms with Crippen molar-refractivity contribution in [1.82, 2.24) is 20.4 Å². The summed E-state index contributed by atoms with van der Waals surface area (Å²) in [7, 11) is 4.24. The highest BCUT2D eigenvalue weighted by molar-refractivity contribution is 6.35. The first kappa shape index (κ1) is 20.4. The first-order valence-corrected chi connectivity index (χ1v) is 9.93. The van der Waals surface area contributed by atoms with Gasteiger partial charge in [0, 0.05) is 58.5 Å². The van der Waals surface area contributed by atoms with Gasteiger partial charge in [0.25, 0.3) is 0 Å². The van der Waals surface area contributed by atoms with Crippen molar-refractivity contribution in [2.24, 2.45) is 0 Å². The number of piperazine rings is 1. The molecule has 0 aromatic heterocycles. The highest BCUT2D eigenvalue weighted by Crippen LogP contribution is 2.31. The minimum Gasteiger partial charge on any atom is -0.374 e. The quantitative estimate of drug-likeness (QED) is 0.548. The molecule has 1 atom stereocenters. The molecule has 7 heteroatoms. The number of carbonyl (C=O) groups excluding carboxylic acids is 2. The molecule has 0 bridgehead atoms. The topological polar surface area (TPSA) is 67.9 Å². The summed E-state index contributed by atoms with van der Waals surface area (Å²) >= 11 is 0. The summed E-state index contributed by atoms with van der Waals surface area (Å²) < 4.78 is 0. The molecule has 1 aromatic rings. The van der Waals surface area contributed by atoms with Crippen LogP contribution in [0.3, 0.4) is 0 Å². The maximum atomic E-state index is 12.2. The molecule has 152 valence electrons. The second-order valence-corrected chi connectivity index (χ2v) is 7.62. The second-order valence-electron chi connectivity index (χ2n) is 7.62. The fourth-order valence-corrected chi connectivity index (χ4v) is 3.90. The molecule has 1 aromatic carbocycles. The van der Waals surface area contributed by atoms with Gasteiger partial charge < -0.3 is 20.4 Å². The van der Waals surface area contributed by atoms with Crippen LogP contribution < -0.4 is 15.5 Å². The molecule has 1 fully saturated rings. The lowest BCUT2D eigenvalue weighted by Gasteiger charge is -2.38. The number of benzene rings is 1. The SMILES string of the molecule is C=CCNC(=O)C(=O)NC[C@@H](c1ccc2c(c1)CCN2C)N1CCN(C)CC1. The number of nitrogens with one attached hydrogen (secondary N) is 2. The maximum absolute atomic E-state index is 12.2. The largest absolute Gasteiger partial charge is 0.374 e. The van der Waals surface area contributed by atoms with E-state index in [9.17, 15) is 9.59 Å². The predicted molar refractivity (Wildman–Crippen MR) is 111 cm³/mol. The number of nitrogens with zero attached hydrogens (tertiary/aromatic N) is 3. The van der Waals surface area contributed by atoms with Crippen LogP contribution in [0.25, 0.3) is 0 Å². The molecule has 3 rings (SSSR count). The zero-order valence-corrected chi connectivity index (χ0v) is 16.9. The van der Waals surface area contributed by atoms with Gasteiger partial charge in [0.05, 0.1) is 6.04 Å². The van der Waals surface area contributed by atoms with Gasteiger partial charge in [-0.15, -0.1) is 6.58 Å². The number of anilines is 1. The van der Waals surface area contributed by atoms with E-state index in [1.165, 1.54) is 16.8 Å². The van der Waals surface area contributed by atoms with E-state index in [2.05, 4.69) is 64.2 Å². The zero-order chi connectivity index (χ0) is 20.1. The number of carbonyl (C=O) groups is 2. The molecule has 28 heavy (non-hydrogen) atoms. The lowest BCUT2D eigenvalue weighted by molar-refractivity contribution is -0.139. The molecule has 2 heterocycles. The molecule has 7 nitrogen and oxygen atoms in total. The molecular weight excluding hydrogens is 354 g/mol. The minimum absolute atomic E-state index is 0.0565. The van der Waals surface area contributed by atoms with Crippen LogP contribution in [0.1, 0.15) is 17.2 Å². The number of hydrogen-bond acceptors (Lipinski definition) is 5. The number of rotatable bonds is 6. The molecular formula is C21H31N5O2. The van der Waals surface area contributed by atoms with E-state index in [4.69, 9.17) is 0 Å². The summed E-state index contributed by atoms with van der Waals surface area (Å²) in [4.78, 5) is 31.0. The van der Waals surface area contributed by atoms with E-state index < -0.39 is 11.8 Å². The molecule has 0 saturated carbocycles. The van der Waals surface area contributed by atoms with Gasteiger partial charge in [0.2, 0.25) is 0 Å². The van der Waals surface area contributed by atoms with Crippen molar-refractivity contribution in [2.45, 2.75) is 12.5 Å². The third-order valence-electron chi connectivity index (χ3n) is 5.66. The highest BCUT2D eigenvalue weighted by Gasteiger charge is 2.27. The smallest absolute Gasteiger partial charge is 0.309 e. The summed E-state index contributed by atoms with van der Waals surface area (Å²) in [5, 5.41) is 5.35. The fraction of sp³-hybridized carbons (Fsp3) is 0.524. The first-order chi connectivity index (χ1) is 13.5. The average molecular weight is 386 g/mol. The van der Waals surface area contributed by atoms with Gasteiger partial charge in [-0.1, -0.05) is 18.2 Å². The summed E-state index contributed by atoms with van der Waals surface area (Å²) in [5.74, 6) is -1.21. The standard InChI is InChI=1S/C21H31N5O2/c1-4-8-22-20(27)21(28)23-15-19(26-12-10-24(2)11-13-26)16-5-6-18-17(14-16)7-9-25(18)3/h4-6,14,19H,1,7-13,15H2,2-3H3,(H,22,27)(H,23,28)/t19-/m0/s1. The Labute approximate surface area is 167 Å². The van der Waals surface area contributed by atoms with Crippen LogP contribution in [0.2, 0.25) is 0 Å². The molecule has 2 N–H and O–H groups in total. The van der Waals surface area contributed by atoms with E-state index in [1.807, 2.05) is 0 Å². The summed E-state index contributed by atoms with van der Waals surface area (Å²) in [6.07, 6.45) is 2.60. The molecule has 2 amide bonds. The molecule has 2 aliphatic heterocycles. The van der Waals surface area contributed by atoms with Crippen LogP contribution >= 0.6 is 0 Å². The minimum atomic E-state index is -0.618. The van der Waals surface area contributed by atoms with E-state index in [0.717, 1.165) is 39.1 Å². The zero-order valence-electron chi connectivity index (χ0n) is 16.9. The Balaban J connectivity index is 1.73. The number of fused-ring (bicyclic) bond motifs is 1. The van der Waals surface area contributed by atoms with Crippen molar-refractivity contribution in [3.05, 3.63) is 42.0 Å². The molecule has 0 aliphatic carbocycles. The van der Waals surface area contributed by atoms with Crippen LogP contribution in [-0.4, -0.2) is 81.5 Å². The Morgan fingerprint density at radius 1 is 1.11 bits per heavy atom.